The fourth-order valence-electron chi connectivity index (χ4n) is 2.64. The number of thiophene rings is 1. The Labute approximate surface area is 142 Å². The lowest BCUT2D eigenvalue weighted by molar-refractivity contribution is 0.174. The van der Waals surface area contributed by atoms with Crippen molar-refractivity contribution in [3.05, 3.63) is 50.4 Å². The zero-order valence-electron chi connectivity index (χ0n) is 13.5. The minimum atomic E-state index is -0.142. The van der Waals surface area contributed by atoms with Crippen LogP contribution in [0.1, 0.15) is 21.8 Å². The number of fused-ring (bicyclic) bond motifs is 2. The number of aromatic nitrogens is 2. The standard InChI is InChI=1S/C17H15N3O3S/c1-9-10(2)24-16-15(9)17(21)20(11(3)19-16)18-7-12-4-5-13-14(6-12)23-8-22-13/h4-7H,8H2,1-3H3. The molecule has 3 aromatic rings. The first-order chi connectivity index (χ1) is 11.5. The van der Waals surface area contributed by atoms with Gasteiger partial charge in [0, 0.05) is 4.88 Å². The van der Waals surface area contributed by atoms with Crippen LogP contribution < -0.4 is 15.0 Å². The molecule has 0 radical (unpaired) electrons. The molecule has 0 amide bonds. The Morgan fingerprint density at radius 3 is 2.88 bits per heavy atom. The summed E-state index contributed by atoms with van der Waals surface area (Å²) in [4.78, 5) is 19.1. The molecule has 6 nitrogen and oxygen atoms in total. The Morgan fingerprint density at radius 1 is 1.25 bits per heavy atom. The number of aryl methyl sites for hydroxylation is 3. The van der Waals surface area contributed by atoms with Crippen LogP contribution in [0.15, 0.2) is 28.1 Å². The van der Waals surface area contributed by atoms with Gasteiger partial charge in [-0.15, -0.1) is 11.3 Å². The lowest BCUT2D eigenvalue weighted by atomic mass is 10.2. The predicted octanol–water partition coefficient (Wildman–Crippen LogP) is 2.99. The minimum Gasteiger partial charge on any atom is -0.454 e. The third-order valence-corrected chi connectivity index (χ3v) is 5.16. The fraction of sp³-hybridized carbons (Fsp3) is 0.235. The van der Waals surface area contributed by atoms with Crippen LogP contribution in [0.2, 0.25) is 0 Å². The highest BCUT2D eigenvalue weighted by Gasteiger charge is 2.15. The van der Waals surface area contributed by atoms with Crippen LogP contribution in [0.4, 0.5) is 0 Å². The topological polar surface area (TPSA) is 65.7 Å². The Hall–Kier alpha value is -2.67. The molecule has 0 bridgehead atoms. The SMILES string of the molecule is Cc1sc2nc(C)n(N=Cc3ccc4c(c3)OCO4)c(=O)c2c1C. The highest BCUT2D eigenvalue weighted by atomic mass is 32.1. The lowest BCUT2D eigenvalue weighted by Gasteiger charge is -2.03. The van der Waals surface area contributed by atoms with Crippen molar-refractivity contribution in [2.24, 2.45) is 5.10 Å². The van der Waals surface area contributed by atoms with Crippen molar-refractivity contribution >= 4 is 27.8 Å². The van der Waals surface area contributed by atoms with Crippen LogP contribution in [0.25, 0.3) is 10.2 Å². The largest absolute Gasteiger partial charge is 0.454 e. The maximum Gasteiger partial charge on any atom is 0.283 e. The molecule has 0 aliphatic carbocycles. The first-order valence-corrected chi connectivity index (χ1v) is 8.29. The van der Waals surface area contributed by atoms with E-state index in [9.17, 15) is 4.79 Å². The summed E-state index contributed by atoms with van der Waals surface area (Å²) in [5, 5.41) is 4.97. The van der Waals surface area contributed by atoms with Crippen molar-refractivity contribution in [1.29, 1.82) is 0 Å². The Morgan fingerprint density at radius 2 is 2.04 bits per heavy atom. The Balaban J connectivity index is 1.79. The van der Waals surface area contributed by atoms with Gasteiger partial charge in [0.15, 0.2) is 11.5 Å². The Kier molecular flexibility index (Phi) is 3.38. The summed E-state index contributed by atoms with van der Waals surface area (Å²) >= 11 is 1.54. The second-order valence-corrected chi connectivity index (χ2v) is 6.80. The van der Waals surface area contributed by atoms with Crippen molar-refractivity contribution in [1.82, 2.24) is 9.66 Å². The molecule has 0 atom stereocenters. The van der Waals surface area contributed by atoms with Crippen molar-refractivity contribution in [2.75, 3.05) is 6.79 Å². The maximum absolute atomic E-state index is 12.8. The van der Waals surface area contributed by atoms with Gasteiger partial charge < -0.3 is 9.47 Å². The van der Waals surface area contributed by atoms with E-state index in [1.807, 2.05) is 32.0 Å². The van der Waals surface area contributed by atoms with Crippen molar-refractivity contribution in [2.45, 2.75) is 20.8 Å². The van der Waals surface area contributed by atoms with Gasteiger partial charge in [-0.05, 0) is 50.1 Å². The van der Waals surface area contributed by atoms with Gasteiger partial charge in [0.25, 0.3) is 5.56 Å². The normalized spacial score (nSPS) is 13.3. The van der Waals surface area contributed by atoms with Crippen molar-refractivity contribution in [3.8, 4) is 11.5 Å². The summed E-state index contributed by atoms with van der Waals surface area (Å²) in [6.07, 6.45) is 1.62. The Bertz CT molecular complexity index is 1050. The highest BCUT2D eigenvalue weighted by Crippen LogP contribution is 2.32. The molecule has 0 spiro atoms. The van der Waals surface area contributed by atoms with Crippen LogP contribution >= 0.6 is 11.3 Å². The molecule has 3 heterocycles. The van der Waals surface area contributed by atoms with E-state index in [-0.39, 0.29) is 12.4 Å². The third-order valence-electron chi connectivity index (χ3n) is 4.06. The monoisotopic (exact) mass is 341 g/mol. The van der Waals surface area contributed by atoms with Gasteiger partial charge in [-0.2, -0.15) is 9.78 Å². The number of hydrogen-bond acceptors (Lipinski definition) is 6. The molecule has 2 aromatic heterocycles. The molecule has 0 N–H and O–H groups in total. The summed E-state index contributed by atoms with van der Waals surface area (Å²) in [6.45, 7) is 5.95. The fourth-order valence-corrected chi connectivity index (χ4v) is 3.71. The van der Waals surface area contributed by atoms with E-state index in [0.29, 0.717) is 22.7 Å². The van der Waals surface area contributed by atoms with E-state index in [4.69, 9.17) is 9.47 Å². The molecule has 0 fully saturated rings. The molecule has 4 rings (SSSR count). The summed E-state index contributed by atoms with van der Waals surface area (Å²) in [5.74, 6) is 1.96. The molecule has 7 heteroatoms. The smallest absolute Gasteiger partial charge is 0.283 e. The molecule has 122 valence electrons. The molecular weight excluding hydrogens is 326 g/mol. The third kappa shape index (κ3) is 2.28. The lowest BCUT2D eigenvalue weighted by Crippen LogP contribution is -2.20. The van der Waals surface area contributed by atoms with E-state index in [1.54, 1.807) is 13.1 Å². The molecule has 1 aliphatic heterocycles. The zero-order valence-corrected chi connectivity index (χ0v) is 14.3. The highest BCUT2D eigenvalue weighted by molar-refractivity contribution is 7.18. The molecule has 0 saturated heterocycles. The molecule has 0 unspecified atom stereocenters. The van der Waals surface area contributed by atoms with Gasteiger partial charge in [-0.3, -0.25) is 4.79 Å². The number of nitrogens with zero attached hydrogens (tertiary/aromatic N) is 3. The average Bonchev–Trinajstić information content (AvgIpc) is 3.11. The van der Waals surface area contributed by atoms with E-state index in [0.717, 1.165) is 20.8 Å². The number of rotatable bonds is 2. The van der Waals surface area contributed by atoms with Crippen molar-refractivity contribution < 1.29 is 9.47 Å². The molecule has 1 aromatic carbocycles. The van der Waals surface area contributed by atoms with Crippen LogP contribution in [-0.4, -0.2) is 22.7 Å². The van der Waals surface area contributed by atoms with Gasteiger partial charge >= 0.3 is 0 Å². The summed E-state index contributed by atoms with van der Waals surface area (Å²) < 4.78 is 12.0. The van der Waals surface area contributed by atoms with E-state index in [2.05, 4.69) is 10.1 Å². The number of benzene rings is 1. The average molecular weight is 341 g/mol. The minimum absolute atomic E-state index is 0.142. The maximum atomic E-state index is 12.8. The van der Waals surface area contributed by atoms with Gasteiger partial charge in [-0.1, -0.05) is 0 Å². The molecule has 0 saturated carbocycles. The van der Waals surface area contributed by atoms with Gasteiger partial charge in [0.2, 0.25) is 6.79 Å². The summed E-state index contributed by atoms with van der Waals surface area (Å²) in [6, 6.07) is 5.52. The second-order valence-electron chi connectivity index (χ2n) is 5.60. The van der Waals surface area contributed by atoms with E-state index >= 15 is 0 Å². The predicted molar refractivity (Wildman–Crippen MR) is 93.6 cm³/mol. The quantitative estimate of drug-likeness (QED) is 0.672. The molecular formula is C17H15N3O3S. The second kappa shape index (κ2) is 5.45. The molecule has 1 aliphatic rings. The van der Waals surface area contributed by atoms with Crippen LogP contribution in [0, 0.1) is 20.8 Å². The van der Waals surface area contributed by atoms with Gasteiger partial charge in [0.05, 0.1) is 11.6 Å². The van der Waals surface area contributed by atoms with Crippen LogP contribution in [0.3, 0.4) is 0 Å². The first kappa shape index (κ1) is 14.9. The molecule has 24 heavy (non-hydrogen) atoms. The number of ether oxygens (including phenoxy) is 2. The van der Waals surface area contributed by atoms with Crippen LogP contribution in [-0.2, 0) is 0 Å². The zero-order chi connectivity index (χ0) is 16.8. The summed E-state index contributed by atoms with van der Waals surface area (Å²) in [5.41, 5.74) is 1.65. The van der Waals surface area contributed by atoms with Crippen molar-refractivity contribution in [3.63, 3.8) is 0 Å². The first-order valence-electron chi connectivity index (χ1n) is 7.48. The van der Waals surface area contributed by atoms with Gasteiger partial charge in [0.1, 0.15) is 10.7 Å². The number of hydrogen-bond donors (Lipinski definition) is 0. The van der Waals surface area contributed by atoms with E-state index in [1.165, 1.54) is 16.0 Å². The van der Waals surface area contributed by atoms with E-state index < -0.39 is 0 Å². The van der Waals surface area contributed by atoms with Gasteiger partial charge in [-0.25, -0.2) is 4.98 Å². The summed E-state index contributed by atoms with van der Waals surface area (Å²) in [7, 11) is 0. The van der Waals surface area contributed by atoms with Crippen LogP contribution in [0.5, 0.6) is 11.5 Å².